The topological polar surface area (TPSA) is 82.3 Å². The van der Waals surface area contributed by atoms with Gasteiger partial charge in [0.05, 0.1) is 23.1 Å². The Bertz CT molecular complexity index is 1780. The number of hydrogen-bond acceptors (Lipinski definition) is 4. The van der Waals surface area contributed by atoms with Crippen molar-refractivity contribution >= 4 is 21.8 Å². The standard InChI is InChI=1S/C32H29FN6/c33-24-8-3-7-22(12-24)25-9-4-10-28-26(25)13-30(37-28)32-27-14-29(36-19-31(27)38-39-32)23-11-21(17-35-18-23)16-34-15-20-5-1-2-6-20/h3-4,7-14,17-20,34,37H,1-2,5-6,15-16H2,(H,38,39). The molecule has 0 atom stereocenters. The third-order valence-electron chi connectivity index (χ3n) is 7.83. The van der Waals surface area contributed by atoms with Gasteiger partial charge in [-0.15, -0.1) is 0 Å². The van der Waals surface area contributed by atoms with Crippen LogP contribution in [-0.2, 0) is 6.54 Å². The Morgan fingerprint density at radius 2 is 1.77 bits per heavy atom. The quantitative estimate of drug-likeness (QED) is 0.209. The van der Waals surface area contributed by atoms with E-state index in [9.17, 15) is 4.39 Å². The van der Waals surface area contributed by atoms with Crippen LogP contribution in [0.3, 0.4) is 0 Å². The van der Waals surface area contributed by atoms with Crippen molar-refractivity contribution in [2.75, 3.05) is 6.54 Å². The van der Waals surface area contributed by atoms with Gasteiger partial charge in [0.15, 0.2) is 0 Å². The Labute approximate surface area is 225 Å². The zero-order valence-electron chi connectivity index (χ0n) is 21.5. The molecule has 6 nitrogen and oxygen atoms in total. The molecule has 4 aromatic heterocycles. The Balaban J connectivity index is 1.20. The number of fused-ring (bicyclic) bond motifs is 2. The van der Waals surface area contributed by atoms with Gasteiger partial charge in [-0.05, 0) is 78.4 Å². The maximum Gasteiger partial charge on any atom is 0.123 e. The smallest absolute Gasteiger partial charge is 0.123 e. The van der Waals surface area contributed by atoms with Gasteiger partial charge in [0.2, 0.25) is 0 Å². The molecule has 1 aliphatic rings. The van der Waals surface area contributed by atoms with E-state index in [4.69, 9.17) is 4.98 Å². The van der Waals surface area contributed by atoms with Crippen molar-refractivity contribution in [3.8, 4) is 33.8 Å². The third kappa shape index (κ3) is 4.70. The van der Waals surface area contributed by atoms with Crippen LogP contribution in [0.25, 0.3) is 55.6 Å². The van der Waals surface area contributed by atoms with Crippen molar-refractivity contribution in [2.45, 2.75) is 32.2 Å². The normalized spacial score (nSPS) is 14.1. The molecule has 0 aliphatic heterocycles. The van der Waals surface area contributed by atoms with Gasteiger partial charge >= 0.3 is 0 Å². The molecule has 0 radical (unpaired) electrons. The van der Waals surface area contributed by atoms with Gasteiger partial charge in [-0.1, -0.05) is 37.1 Å². The molecule has 3 N–H and O–H groups in total. The molecule has 0 bridgehead atoms. The zero-order chi connectivity index (χ0) is 26.2. The zero-order valence-corrected chi connectivity index (χ0v) is 21.5. The SMILES string of the molecule is Fc1cccc(-c2cccc3[nH]c(-c4n[nH]c5cnc(-c6cncc(CNCC7CCCC7)c6)cc45)cc23)c1. The van der Waals surface area contributed by atoms with Crippen LogP contribution >= 0.6 is 0 Å². The fraction of sp³-hybridized carbons (Fsp3) is 0.219. The first kappa shape index (κ1) is 23.7. The molecule has 1 fully saturated rings. The molecule has 7 rings (SSSR count). The van der Waals surface area contributed by atoms with Crippen LogP contribution in [0.15, 0.2) is 79.3 Å². The lowest BCUT2D eigenvalue weighted by atomic mass is 10.0. The number of aromatic nitrogens is 5. The predicted molar refractivity (Wildman–Crippen MR) is 153 cm³/mol. The van der Waals surface area contributed by atoms with E-state index in [1.165, 1.54) is 31.7 Å². The summed E-state index contributed by atoms with van der Waals surface area (Å²) in [5.74, 6) is 0.557. The molecule has 7 heteroatoms. The van der Waals surface area contributed by atoms with E-state index in [1.54, 1.807) is 12.1 Å². The molecule has 1 saturated carbocycles. The van der Waals surface area contributed by atoms with Gasteiger partial charge in [0.25, 0.3) is 0 Å². The fourth-order valence-electron chi connectivity index (χ4n) is 5.83. The fourth-order valence-corrected chi connectivity index (χ4v) is 5.83. The summed E-state index contributed by atoms with van der Waals surface area (Å²) in [6, 6.07) is 19.0. The first-order valence-electron chi connectivity index (χ1n) is 13.6. The molecule has 0 amide bonds. The molecular weight excluding hydrogens is 487 g/mol. The number of pyridine rings is 2. The highest BCUT2D eigenvalue weighted by Crippen LogP contribution is 2.35. The molecule has 0 saturated heterocycles. The summed E-state index contributed by atoms with van der Waals surface area (Å²) in [5.41, 5.74) is 8.34. The average molecular weight is 517 g/mol. The van der Waals surface area contributed by atoms with Crippen LogP contribution in [0.2, 0.25) is 0 Å². The van der Waals surface area contributed by atoms with Crippen molar-refractivity contribution in [1.82, 2.24) is 30.5 Å². The lowest BCUT2D eigenvalue weighted by Crippen LogP contribution is -2.20. The van der Waals surface area contributed by atoms with Crippen molar-refractivity contribution in [3.05, 3.63) is 90.6 Å². The van der Waals surface area contributed by atoms with Gasteiger partial charge in [-0.25, -0.2) is 4.39 Å². The molecule has 4 heterocycles. The minimum Gasteiger partial charge on any atom is -0.353 e. The minimum absolute atomic E-state index is 0.248. The van der Waals surface area contributed by atoms with Crippen molar-refractivity contribution < 1.29 is 4.39 Å². The molecule has 2 aromatic carbocycles. The molecule has 6 aromatic rings. The number of benzene rings is 2. The lowest BCUT2D eigenvalue weighted by molar-refractivity contribution is 0.489. The van der Waals surface area contributed by atoms with Gasteiger partial charge < -0.3 is 10.3 Å². The highest BCUT2D eigenvalue weighted by atomic mass is 19.1. The van der Waals surface area contributed by atoms with Crippen LogP contribution in [0, 0.1) is 11.7 Å². The van der Waals surface area contributed by atoms with E-state index in [2.05, 4.69) is 43.7 Å². The molecule has 0 spiro atoms. The van der Waals surface area contributed by atoms with Crippen molar-refractivity contribution in [3.63, 3.8) is 0 Å². The second-order valence-electron chi connectivity index (χ2n) is 10.5. The molecule has 39 heavy (non-hydrogen) atoms. The van der Waals surface area contributed by atoms with E-state index in [0.717, 1.165) is 80.1 Å². The largest absolute Gasteiger partial charge is 0.353 e. The summed E-state index contributed by atoms with van der Waals surface area (Å²) in [7, 11) is 0. The second-order valence-corrected chi connectivity index (χ2v) is 10.5. The monoisotopic (exact) mass is 516 g/mol. The Morgan fingerprint density at radius 3 is 2.67 bits per heavy atom. The molecule has 194 valence electrons. The number of H-pyrrole nitrogens is 2. The van der Waals surface area contributed by atoms with Crippen LogP contribution in [0.1, 0.15) is 31.2 Å². The Hall–Kier alpha value is -4.36. The van der Waals surface area contributed by atoms with Crippen LogP contribution < -0.4 is 5.32 Å². The highest BCUT2D eigenvalue weighted by molar-refractivity contribution is 6.01. The summed E-state index contributed by atoms with van der Waals surface area (Å²) in [6.45, 7) is 1.87. The second kappa shape index (κ2) is 10.1. The first-order valence-corrected chi connectivity index (χ1v) is 13.6. The number of aromatic amines is 2. The maximum atomic E-state index is 13.9. The third-order valence-corrected chi connectivity index (χ3v) is 7.83. The first-order chi connectivity index (χ1) is 19.2. The summed E-state index contributed by atoms with van der Waals surface area (Å²) in [4.78, 5) is 12.7. The van der Waals surface area contributed by atoms with Crippen LogP contribution in [0.4, 0.5) is 4.39 Å². The average Bonchev–Trinajstić information content (AvgIpc) is 3.72. The minimum atomic E-state index is -0.248. The van der Waals surface area contributed by atoms with E-state index in [-0.39, 0.29) is 5.82 Å². The molecular formula is C32H29FN6. The number of hydrogen-bond donors (Lipinski definition) is 3. The maximum absolute atomic E-state index is 13.9. The molecule has 0 unspecified atom stereocenters. The number of halogens is 1. The summed E-state index contributed by atoms with van der Waals surface area (Å²) < 4.78 is 13.9. The van der Waals surface area contributed by atoms with Crippen LogP contribution in [-0.4, -0.2) is 31.7 Å². The lowest BCUT2D eigenvalue weighted by Gasteiger charge is -2.11. The van der Waals surface area contributed by atoms with E-state index >= 15 is 0 Å². The van der Waals surface area contributed by atoms with Crippen molar-refractivity contribution in [1.29, 1.82) is 0 Å². The summed E-state index contributed by atoms with van der Waals surface area (Å²) in [5, 5.41) is 13.4. The number of nitrogens with zero attached hydrogens (tertiary/aromatic N) is 3. The summed E-state index contributed by atoms with van der Waals surface area (Å²) >= 11 is 0. The van der Waals surface area contributed by atoms with Crippen molar-refractivity contribution in [2.24, 2.45) is 5.92 Å². The predicted octanol–water partition coefficient (Wildman–Crippen LogP) is 7.25. The van der Waals surface area contributed by atoms with E-state index in [1.807, 2.05) is 42.9 Å². The van der Waals surface area contributed by atoms with Gasteiger partial charge in [0, 0.05) is 40.8 Å². The van der Waals surface area contributed by atoms with Gasteiger partial charge in [0.1, 0.15) is 11.5 Å². The molecule has 1 aliphatic carbocycles. The number of nitrogens with one attached hydrogen (secondary N) is 3. The summed E-state index contributed by atoms with van der Waals surface area (Å²) in [6.07, 6.45) is 11.0. The van der Waals surface area contributed by atoms with Crippen LogP contribution in [0.5, 0.6) is 0 Å². The Morgan fingerprint density at radius 1 is 0.872 bits per heavy atom. The Kier molecular flexibility index (Phi) is 6.13. The number of rotatable bonds is 7. The van der Waals surface area contributed by atoms with Gasteiger partial charge in [-0.2, -0.15) is 5.10 Å². The van der Waals surface area contributed by atoms with E-state index < -0.39 is 0 Å². The highest BCUT2D eigenvalue weighted by Gasteiger charge is 2.16. The van der Waals surface area contributed by atoms with E-state index in [0.29, 0.717) is 0 Å². The van der Waals surface area contributed by atoms with Gasteiger partial charge in [-0.3, -0.25) is 15.1 Å².